The fourth-order valence-electron chi connectivity index (χ4n) is 1.47. The van der Waals surface area contributed by atoms with Gasteiger partial charge in [-0.3, -0.25) is 0 Å². The van der Waals surface area contributed by atoms with Gasteiger partial charge in [-0.05, 0) is 28.6 Å². The summed E-state index contributed by atoms with van der Waals surface area (Å²) in [6.07, 6.45) is -2.53. The maximum Gasteiger partial charge on any atom is 0.258 e. The lowest BCUT2D eigenvalue weighted by Crippen LogP contribution is -2.10. The molecule has 0 aliphatic carbocycles. The van der Waals surface area contributed by atoms with Crippen LogP contribution < -0.4 is 11.5 Å². The minimum atomic E-state index is -2.53. The number of hydrogen-bond donors (Lipinski definition) is 2. The van der Waals surface area contributed by atoms with Gasteiger partial charge in [0.2, 0.25) is 0 Å². The predicted octanol–water partition coefficient (Wildman–Crippen LogP) is 0.770. The molecule has 1 aromatic carbocycles. The van der Waals surface area contributed by atoms with Crippen molar-refractivity contribution in [2.45, 2.75) is 13.0 Å². The lowest BCUT2D eigenvalue weighted by molar-refractivity contribution is 0.121. The molecule has 0 radical (unpaired) electrons. The monoisotopic (exact) mass is 240 g/mol. The van der Waals surface area contributed by atoms with E-state index in [4.69, 9.17) is 11.5 Å². The Morgan fingerprint density at radius 2 is 1.82 bits per heavy atom. The van der Waals surface area contributed by atoms with Gasteiger partial charge in [0.1, 0.15) is 6.54 Å². The van der Waals surface area contributed by atoms with Crippen LogP contribution in [0.4, 0.5) is 20.2 Å². The molecule has 0 aliphatic heterocycles. The number of rotatable bonds is 3. The van der Waals surface area contributed by atoms with E-state index in [-0.39, 0.29) is 5.82 Å². The second-order valence-corrected chi connectivity index (χ2v) is 3.46. The highest BCUT2D eigenvalue weighted by atomic mass is 19.3. The lowest BCUT2D eigenvalue weighted by atomic mass is 10.1. The van der Waals surface area contributed by atoms with E-state index in [0.29, 0.717) is 16.9 Å². The van der Waals surface area contributed by atoms with Crippen molar-refractivity contribution in [3.63, 3.8) is 0 Å². The average Bonchev–Trinajstić information content (AvgIpc) is 2.63. The molecule has 0 saturated heterocycles. The Morgan fingerprint density at radius 1 is 1.18 bits per heavy atom. The normalized spacial score (nSPS) is 11.0. The molecular formula is C9H10F2N6. The number of aromatic nitrogens is 4. The first kappa shape index (κ1) is 11.2. The number of halogens is 2. The second kappa shape index (κ2) is 4.32. The second-order valence-electron chi connectivity index (χ2n) is 3.46. The zero-order valence-electron chi connectivity index (χ0n) is 8.72. The van der Waals surface area contributed by atoms with Gasteiger partial charge in [-0.2, -0.15) is 0 Å². The smallest absolute Gasteiger partial charge is 0.258 e. The summed E-state index contributed by atoms with van der Waals surface area (Å²) in [5.41, 5.74) is 12.6. The van der Waals surface area contributed by atoms with Gasteiger partial charge in [-0.25, -0.2) is 13.5 Å². The molecule has 0 fully saturated rings. The van der Waals surface area contributed by atoms with E-state index in [1.165, 1.54) is 0 Å². The highest BCUT2D eigenvalue weighted by Gasteiger charge is 2.13. The summed E-state index contributed by atoms with van der Waals surface area (Å²) in [5.74, 6) is 0.212. The molecule has 90 valence electrons. The first-order valence-electron chi connectivity index (χ1n) is 4.77. The van der Waals surface area contributed by atoms with Crippen LogP contribution in [0.2, 0.25) is 0 Å². The molecule has 2 rings (SSSR count). The summed E-state index contributed by atoms with van der Waals surface area (Å²) in [6.45, 7) is -0.572. The molecule has 1 heterocycles. The molecule has 0 bridgehead atoms. The summed E-state index contributed by atoms with van der Waals surface area (Å²) >= 11 is 0. The first-order chi connectivity index (χ1) is 8.06. The van der Waals surface area contributed by atoms with Crippen molar-refractivity contribution in [1.82, 2.24) is 20.2 Å². The lowest BCUT2D eigenvalue weighted by Gasteiger charge is -2.05. The van der Waals surface area contributed by atoms with E-state index >= 15 is 0 Å². The molecule has 0 atom stereocenters. The molecule has 0 aliphatic rings. The van der Waals surface area contributed by atoms with Crippen molar-refractivity contribution >= 4 is 11.4 Å². The number of alkyl halides is 2. The molecule has 0 amide bonds. The Labute approximate surface area is 95.2 Å². The zero-order valence-corrected chi connectivity index (χ0v) is 8.72. The molecular weight excluding hydrogens is 230 g/mol. The van der Waals surface area contributed by atoms with E-state index in [2.05, 4.69) is 15.5 Å². The maximum atomic E-state index is 12.3. The summed E-state index contributed by atoms with van der Waals surface area (Å²) < 4.78 is 25.6. The molecule has 17 heavy (non-hydrogen) atoms. The van der Waals surface area contributed by atoms with Gasteiger partial charge in [0.25, 0.3) is 6.43 Å². The standard InChI is InChI=1S/C9H10F2N6/c10-8(11)4-17-9(14-15-16-17)5-1-6(12)3-7(13)2-5/h1-3,8H,4,12-13H2. The molecule has 8 heteroatoms. The number of hydrogen-bond acceptors (Lipinski definition) is 5. The van der Waals surface area contributed by atoms with Crippen molar-refractivity contribution in [3.8, 4) is 11.4 Å². The third-order valence-electron chi connectivity index (χ3n) is 2.08. The number of anilines is 2. The van der Waals surface area contributed by atoms with Crippen LogP contribution in [-0.4, -0.2) is 26.6 Å². The van der Waals surface area contributed by atoms with Crippen LogP contribution in [0.25, 0.3) is 11.4 Å². The van der Waals surface area contributed by atoms with E-state index in [0.717, 1.165) is 4.68 Å². The fraction of sp³-hybridized carbons (Fsp3) is 0.222. The van der Waals surface area contributed by atoms with E-state index in [1.54, 1.807) is 18.2 Å². The van der Waals surface area contributed by atoms with Gasteiger partial charge < -0.3 is 11.5 Å². The van der Waals surface area contributed by atoms with E-state index in [1.807, 2.05) is 0 Å². The van der Waals surface area contributed by atoms with Crippen LogP contribution >= 0.6 is 0 Å². The quantitative estimate of drug-likeness (QED) is 0.772. The molecule has 0 unspecified atom stereocenters. The number of nitrogens with two attached hydrogens (primary N) is 2. The van der Waals surface area contributed by atoms with Crippen molar-refractivity contribution in [2.24, 2.45) is 0 Å². The maximum absolute atomic E-state index is 12.3. The van der Waals surface area contributed by atoms with Crippen LogP contribution in [0.5, 0.6) is 0 Å². The number of nitrogen functional groups attached to an aromatic ring is 2. The summed E-state index contributed by atoms with van der Waals surface area (Å²) in [7, 11) is 0. The third-order valence-corrected chi connectivity index (χ3v) is 2.08. The van der Waals surface area contributed by atoms with Gasteiger partial charge in [-0.1, -0.05) is 0 Å². The number of tetrazole rings is 1. The zero-order chi connectivity index (χ0) is 12.4. The van der Waals surface area contributed by atoms with Gasteiger partial charge in [0.15, 0.2) is 5.82 Å². The van der Waals surface area contributed by atoms with Crippen molar-refractivity contribution in [1.29, 1.82) is 0 Å². The largest absolute Gasteiger partial charge is 0.399 e. The highest BCUT2D eigenvalue weighted by Crippen LogP contribution is 2.22. The van der Waals surface area contributed by atoms with E-state index < -0.39 is 13.0 Å². The topological polar surface area (TPSA) is 95.6 Å². The molecule has 0 spiro atoms. The first-order valence-corrected chi connectivity index (χ1v) is 4.77. The summed E-state index contributed by atoms with van der Waals surface area (Å²) in [5, 5.41) is 10.5. The summed E-state index contributed by atoms with van der Waals surface area (Å²) in [4.78, 5) is 0. The Hall–Kier alpha value is -2.25. The average molecular weight is 240 g/mol. The van der Waals surface area contributed by atoms with Crippen LogP contribution in [0.1, 0.15) is 0 Å². The Kier molecular flexibility index (Phi) is 2.86. The predicted molar refractivity (Wildman–Crippen MR) is 58.1 cm³/mol. The summed E-state index contributed by atoms with van der Waals surface area (Å²) in [6, 6.07) is 4.71. The molecule has 4 N–H and O–H groups in total. The van der Waals surface area contributed by atoms with Crippen molar-refractivity contribution < 1.29 is 8.78 Å². The van der Waals surface area contributed by atoms with Gasteiger partial charge >= 0.3 is 0 Å². The van der Waals surface area contributed by atoms with Gasteiger partial charge in [0.05, 0.1) is 0 Å². The Morgan fingerprint density at radius 3 is 2.41 bits per heavy atom. The SMILES string of the molecule is Nc1cc(N)cc(-c2nnnn2CC(F)F)c1. The molecule has 2 aromatic rings. The van der Waals surface area contributed by atoms with Crippen molar-refractivity contribution in [3.05, 3.63) is 18.2 Å². The fourth-order valence-corrected chi connectivity index (χ4v) is 1.47. The molecule has 6 nitrogen and oxygen atoms in total. The Balaban J connectivity index is 2.42. The minimum absolute atomic E-state index is 0.212. The highest BCUT2D eigenvalue weighted by molar-refractivity contribution is 5.67. The third kappa shape index (κ3) is 2.47. The molecule has 0 saturated carbocycles. The van der Waals surface area contributed by atoms with Crippen LogP contribution in [-0.2, 0) is 6.54 Å². The van der Waals surface area contributed by atoms with Crippen molar-refractivity contribution in [2.75, 3.05) is 11.5 Å². The molecule has 1 aromatic heterocycles. The van der Waals surface area contributed by atoms with Gasteiger partial charge in [0, 0.05) is 16.9 Å². The van der Waals surface area contributed by atoms with Crippen LogP contribution in [0, 0.1) is 0 Å². The van der Waals surface area contributed by atoms with E-state index in [9.17, 15) is 8.78 Å². The van der Waals surface area contributed by atoms with Gasteiger partial charge in [-0.15, -0.1) is 5.10 Å². The number of benzene rings is 1. The Bertz CT molecular complexity index is 504. The van der Waals surface area contributed by atoms with Crippen LogP contribution in [0.3, 0.4) is 0 Å². The number of nitrogens with zero attached hydrogens (tertiary/aromatic N) is 4. The minimum Gasteiger partial charge on any atom is -0.399 e. The van der Waals surface area contributed by atoms with Crippen LogP contribution in [0.15, 0.2) is 18.2 Å².